The van der Waals surface area contributed by atoms with Gasteiger partial charge in [-0.3, -0.25) is 4.79 Å². The van der Waals surface area contributed by atoms with Crippen LogP contribution in [0.2, 0.25) is 0 Å². The lowest BCUT2D eigenvalue weighted by Crippen LogP contribution is -2.50. The maximum absolute atomic E-state index is 13.2. The van der Waals surface area contributed by atoms with Crippen LogP contribution in [0.5, 0.6) is 0 Å². The summed E-state index contributed by atoms with van der Waals surface area (Å²) in [6.07, 6.45) is 1.92. The van der Waals surface area contributed by atoms with Crippen molar-refractivity contribution in [3.8, 4) is 0 Å². The van der Waals surface area contributed by atoms with E-state index >= 15 is 0 Å². The smallest absolute Gasteiger partial charge is 0.240 e. The number of ether oxygens (including phenoxy) is 1. The predicted octanol–water partition coefficient (Wildman–Crippen LogP) is 0.629. The van der Waals surface area contributed by atoms with Gasteiger partial charge in [0.1, 0.15) is 0 Å². The third-order valence-electron chi connectivity index (χ3n) is 5.14. The monoisotopic (exact) mass is 367 g/mol. The Labute approximate surface area is 148 Å². The topological polar surface area (TPSA) is 102 Å². The number of hydrogen-bond acceptors (Lipinski definition) is 5. The highest BCUT2D eigenvalue weighted by atomic mass is 32.2. The van der Waals surface area contributed by atoms with Gasteiger partial charge in [-0.2, -0.15) is 0 Å². The lowest BCUT2D eigenvalue weighted by Gasteiger charge is -2.37. The van der Waals surface area contributed by atoms with E-state index in [1.54, 1.807) is 30.0 Å². The molecule has 2 heterocycles. The quantitative estimate of drug-likeness (QED) is 0.795. The zero-order chi connectivity index (χ0) is 18.1. The van der Waals surface area contributed by atoms with Crippen molar-refractivity contribution in [3.05, 3.63) is 23.8 Å². The summed E-state index contributed by atoms with van der Waals surface area (Å²) < 4.78 is 32.4. The molecule has 0 radical (unpaired) electrons. The summed E-state index contributed by atoms with van der Waals surface area (Å²) in [6.45, 7) is 3.93. The Hall–Kier alpha value is -1.48. The molecule has 8 heteroatoms. The zero-order valence-electron chi connectivity index (χ0n) is 14.5. The highest BCUT2D eigenvalue weighted by Gasteiger charge is 2.43. The number of benzene rings is 1. The van der Waals surface area contributed by atoms with Crippen molar-refractivity contribution in [2.24, 2.45) is 11.1 Å². The van der Waals surface area contributed by atoms with Crippen LogP contribution >= 0.6 is 0 Å². The molecule has 2 aliphatic heterocycles. The lowest BCUT2D eigenvalue weighted by atomic mass is 9.79. The second-order valence-corrected chi connectivity index (χ2v) is 8.36. The molecule has 0 unspecified atom stereocenters. The molecule has 0 bridgehead atoms. The van der Waals surface area contributed by atoms with Crippen molar-refractivity contribution < 1.29 is 17.9 Å². The summed E-state index contributed by atoms with van der Waals surface area (Å²) >= 11 is 0. The number of carbonyl (C=O) groups excluding carboxylic acids is 1. The van der Waals surface area contributed by atoms with Crippen molar-refractivity contribution >= 4 is 21.6 Å². The molecule has 0 saturated carbocycles. The van der Waals surface area contributed by atoms with E-state index in [9.17, 15) is 13.2 Å². The molecule has 0 aliphatic carbocycles. The first kappa shape index (κ1) is 18.3. The molecule has 3 rings (SSSR count). The van der Waals surface area contributed by atoms with Crippen molar-refractivity contribution in [1.82, 2.24) is 4.72 Å². The van der Waals surface area contributed by atoms with Crippen molar-refractivity contribution in [1.29, 1.82) is 0 Å². The minimum Gasteiger partial charge on any atom is -0.381 e. The number of nitrogens with two attached hydrogens (primary N) is 1. The van der Waals surface area contributed by atoms with Gasteiger partial charge in [0.05, 0.1) is 10.3 Å². The van der Waals surface area contributed by atoms with Gasteiger partial charge < -0.3 is 15.4 Å². The van der Waals surface area contributed by atoms with Crippen LogP contribution < -0.4 is 15.4 Å². The molecule has 25 heavy (non-hydrogen) atoms. The van der Waals surface area contributed by atoms with Crippen LogP contribution in [-0.2, 0) is 26.0 Å². The number of nitrogens with one attached hydrogen (secondary N) is 1. The van der Waals surface area contributed by atoms with E-state index < -0.39 is 15.4 Å². The molecular weight excluding hydrogens is 342 g/mol. The van der Waals surface area contributed by atoms with Gasteiger partial charge in [0.25, 0.3) is 0 Å². The minimum atomic E-state index is -3.56. The molecule has 1 aromatic carbocycles. The molecule has 0 aromatic heterocycles. The Balaban J connectivity index is 1.94. The number of rotatable bonds is 5. The molecular formula is C17H25N3O4S. The number of amides is 1. The SMILES string of the molecule is CCNS(=O)(=O)c1ccc2c(c1)N(C(=O)C1(CN)CCOCC1)CC2. The fourth-order valence-electron chi connectivity index (χ4n) is 3.56. The van der Waals surface area contributed by atoms with Crippen LogP contribution in [0.25, 0.3) is 0 Å². The van der Waals surface area contributed by atoms with Crippen LogP contribution in [0.15, 0.2) is 23.1 Å². The minimum absolute atomic E-state index is 0.0185. The third-order valence-corrected chi connectivity index (χ3v) is 6.68. The Morgan fingerprint density at radius 1 is 1.36 bits per heavy atom. The summed E-state index contributed by atoms with van der Waals surface area (Å²) in [6, 6.07) is 4.99. The van der Waals surface area contributed by atoms with E-state index in [0.29, 0.717) is 44.8 Å². The van der Waals surface area contributed by atoms with Crippen molar-refractivity contribution in [3.63, 3.8) is 0 Å². The molecule has 138 valence electrons. The molecule has 1 saturated heterocycles. The van der Waals surface area contributed by atoms with E-state index in [-0.39, 0.29) is 17.3 Å². The van der Waals surface area contributed by atoms with Gasteiger partial charge in [-0.1, -0.05) is 13.0 Å². The fourth-order valence-corrected chi connectivity index (χ4v) is 4.62. The normalized spacial score (nSPS) is 19.7. The highest BCUT2D eigenvalue weighted by molar-refractivity contribution is 7.89. The van der Waals surface area contributed by atoms with E-state index in [1.165, 1.54) is 0 Å². The molecule has 2 aliphatic rings. The van der Waals surface area contributed by atoms with Gasteiger partial charge in [0.15, 0.2) is 0 Å². The predicted molar refractivity (Wildman–Crippen MR) is 94.9 cm³/mol. The van der Waals surface area contributed by atoms with Gasteiger partial charge >= 0.3 is 0 Å². The molecule has 1 amide bonds. The fraction of sp³-hybridized carbons (Fsp3) is 0.588. The molecule has 1 aromatic rings. The first-order valence-corrected chi connectivity index (χ1v) is 10.1. The number of carbonyl (C=O) groups is 1. The van der Waals surface area contributed by atoms with Gasteiger partial charge in [-0.05, 0) is 37.0 Å². The Kier molecular flexibility index (Phi) is 5.15. The first-order valence-electron chi connectivity index (χ1n) is 8.66. The average Bonchev–Trinajstić information content (AvgIpc) is 3.04. The molecule has 0 spiro atoms. The maximum Gasteiger partial charge on any atom is 0.240 e. The summed E-state index contributed by atoms with van der Waals surface area (Å²) in [4.78, 5) is 15.1. The van der Waals surface area contributed by atoms with Gasteiger partial charge in [0, 0.05) is 38.5 Å². The van der Waals surface area contributed by atoms with Crippen LogP contribution in [0.3, 0.4) is 0 Å². The van der Waals surface area contributed by atoms with E-state index in [4.69, 9.17) is 10.5 Å². The van der Waals surface area contributed by atoms with E-state index in [0.717, 1.165) is 12.0 Å². The molecule has 3 N–H and O–H groups in total. The number of hydrogen-bond donors (Lipinski definition) is 2. The van der Waals surface area contributed by atoms with Crippen molar-refractivity contribution in [2.45, 2.75) is 31.1 Å². The molecule has 1 fully saturated rings. The van der Waals surface area contributed by atoms with Crippen LogP contribution in [0.1, 0.15) is 25.3 Å². The number of nitrogens with zero attached hydrogens (tertiary/aromatic N) is 1. The molecule has 0 atom stereocenters. The Morgan fingerprint density at radius 2 is 2.08 bits per heavy atom. The van der Waals surface area contributed by atoms with Crippen molar-refractivity contribution in [2.75, 3.05) is 37.7 Å². The summed E-state index contributed by atoms with van der Waals surface area (Å²) in [5.41, 5.74) is 7.01. The first-order chi connectivity index (χ1) is 11.9. The summed E-state index contributed by atoms with van der Waals surface area (Å²) in [7, 11) is -3.56. The lowest BCUT2D eigenvalue weighted by molar-refractivity contribution is -0.132. The number of sulfonamides is 1. The summed E-state index contributed by atoms with van der Waals surface area (Å²) in [5, 5.41) is 0. The number of anilines is 1. The largest absolute Gasteiger partial charge is 0.381 e. The van der Waals surface area contributed by atoms with Gasteiger partial charge in [-0.25, -0.2) is 13.1 Å². The summed E-state index contributed by atoms with van der Waals surface area (Å²) in [5.74, 6) is -0.0185. The van der Waals surface area contributed by atoms with Gasteiger partial charge in [-0.15, -0.1) is 0 Å². The second-order valence-electron chi connectivity index (χ2n) is 6.60. The van der Waals surface area contributed by atoms with Crippen LogP contribution in [0.4, 0.5) is 5.69 Å². The van der Waals surface area contributed by atoms with E-state index in [2.05, 4.69) is 4.72 Å². The number of fused-ring (bicyclic) bond motifs is 1. The highest BCUT2D eigenvalue weighted by Crippen LogP contribution is 2.37. The van der Waals surface area contributed by atoms with Crippen LogP contribution in [0, 0.1) is 5.41 Å². The molecule has 7 nitrogen and oxygen atoms in total. The maximum atomic E-state index is 13.2. The third kappa shape index (κ3) is 3.31. The zero-order valence-corrected chi connectivity index (χ0v) is 15.3. The Morgan fingerprint density at radius 3 is 2.72 bits per heavy atom. The standard InChI is InChI=1S/C17H25N3O4S/c1-2-19-25(22,23)14-4-3-13-5-8-20(15(13)11-14)16(21)17(12-18)6-9-24-10-7-17/h3-4,11,19H,2,5-10,12,18H2,1H3. The average molecular weight is 367 g/mol. The van der Waals surface area contributed by atoms with Gasteiger partial charge in [0.2, 0.25) is 15.9 Å². The second kappa shape index (κ2) is 7.03. The van der Waals surface area contributed by atoms with Crippen LogP contribution in [-0.4, -0.2) is 47.2 Å². The Bertz CT molecular complexity index is 757. The van der Waals surface area contributed by atoms with E-state index in [1.807, 2.05) is 0 Å².